The first-order valence-electron chi connectivity index (χ1n) is 3.83. The lowest BCUT2D eigenvalue weighted by atomic mass is 9.93. The van der Waals surface area contributed by atoms with Crippen LogP contribution in [-0.2, 0) is 4.79 Å². The zero-order valence-electron chi connectivity index (χ0n) is 6.98. The van der Waals surface area contributed by atoms with Crippen molar-refractivity contribution in [1.82, 2.24) is 4.90 Å². The Kier molecular flexibility index (Phi) is 1.71. The molecule has 1 heterocycles. The molecule has 0 aromatic carbocycles. The topological polar surface area (TPSA) is 20.3 Å². The van der Waals surface area contributed by atoms with Gasteiger partial charge in [0.2, 0.25) is 5.91 Å². The third kappa shape index (κ3) is 1.31. The maximum absolute atomic E-state index is 11.1. The molecule has 1 aliphatic rings. The molecule has 2 nitrogen and oxygen atoms in total. The second-order valence-electron chi connectivity index (χ2n) is 3.75. The van der Waals surface area contributed by atoms with Crippen molar-refractivity contribution in [3.05, 3.63) is 0 Å². The molecule has 0 aromatic heterocycles. The molecular weight excluding hydrogens is 126 g/mol. The Morgan fingerprint density at radius 2 is 2.20 bits per heavy atom. The fourth-order valence-electron chi connectivity index (χ4n) is 1.47. The van der Waals surface area contributed by atoms with Crippen LogP contribution in [0.5, 0.6) is 0 Å². The van der Waals surface area contributed by atoms with Gasteiger partial charge in [-0.25, -0.2) is 0 Å². The Balaban J connectivity index is 2.61. The highest BCUT2D eigenvalue weighted by atomic mass is 16.2. The minimum Gasteiger partial charge on any atom is -0.342 e. The van der Waals surface area contributed by atoms with Gasteiger partial charge in [-0.15, -0.1) is 0 Å². The van der Waals surface area contributed by atoms with Crippen molar-refractivity contribution < 1.29 is 4.79 Å². The third-order valence-corrected chi connectivity index (χ3v) is 1.98. The predicted molar refractivity (Wildman–Crippen MR) is 40.7 cm³/mol. The Morgan fingerprint density at radius 3 is 2.40 bits per heavy atom. The first-order valence-corrected chi connectivity index (χ1v) is 3.83. The molecule has 58 valence electrons. The molecule has 1 rings (SSSR count). The van der Waals surface area contributed by atoms with Crippen LogP contribution in [0.4, 0.5) is 0 Å². The van der Waals surface area contributed by atoms with Crippen molar-refractivity contribution in [2.75, 3.05) is 13.1 Å². The number of carbonyl (C=O) groups is 1. The smallest absolute Gasteiger partial charge is 0.223 e. The van der Waals surface area contributed by atoms with Gasteiger partial charge in [0.1, 0.15) is 0 Å². The first kappa shape index (κ1) is 7.58. The van der Waals surface area contributed by atoms with Crippen molar-refractivity contribution in [1.29, 1.82) is 0 Å². The molecule has 10 heavy (non-hydrogen) atoms. The van der Waals surface area contributed by atoms with Crippen LogP contribution in [0.25, 0.3) is 0 Å². The van der Waals surface area contributed by atoms with Gasteiger partial charge in [0.25, 0.3) is 0 Å². The van der Waals surface area contributed by atoms with E-state index < -0.39 is 0 Å². The zero-order chi connectivity index (χ0) is 7.78. The van der Waals surface area contributed by atoms with E-state index in [-0.39, 0.29) is 5.41 Å². The quantitative estimate of drug-likeness (QED) is 0.538. The number of hydrogen-bond acceptors (Lipinski definition) is 1. The van der Waals surface area contributed by atoms with Gasteiger partial charge in [-0.05, 0) is 12.3 Å². The number of likely N-dealkylation sites (tertiary alicyclic amines) is 1. The highest BCUT2D eigenvalue weighted by Crippen LogP contribution is 2.29. The summed E-state index contributed by atoms with van der Waals surface area (Å²) in [6.45, 7) is 8.10. The molecule has 1 amide bonds. The Labute approximate surface area is 62.2 Å². The van der Waals surface area contributed by atoms with E-state index in [1.165, 1.54) is 0 Å². The van der Waals surface area contributed by atoms with E-state index in [2.05, 4.69) is 13.8 Å². The summed E-state index contributed by atoms with van der Waals surface area (Å²) in [6, 6.07) is 0. The number of carbonyl (C=O) groups excluding carboxylic acids is 1. The number of nitrogens with zero attached hydrogens (tertiary/aromatic N) is 1. The van der Waals surface area contributed by atoms with Gasteiger partial charge < -0.3 is 4.90 Å². The van der Waals surface area contributed by atoms with Crippen LogP contribution in [-0.4, -0.2) is 23.9 Å². The number of rotatable bonds is 1. The van der Waals surface area contributed by atoms with Crippen molar-refractivity contribution in [2.24, 2.45) is 5.41 Å². The first-order chi connectivity index (χ1) is 4.55. The molecule has 0 atom stereocenters. The lowest BCUT2D eigenvalue weighted by molar-refractivity contribution is -0.127. The maximum atomic E-state index is 11.1. The highest BCUT2D eigenvalue weighted by molar-refractivity contribution is 5.79. The molecule has 1 saturated heterocycles. The van der Waals surface area contributed by atoms with Gasteiger partial charge >= 0.3 is 0 Å². The minimum absolute atomic E-state index is 0.215. The number of hydrogen-bond donors (Lipinski definition) is 0. The average Bonchev–Trinajstić information content (AvgIpc) is 2.05. The van der Waals surface area contributed by atoms with Crippen molar-refractivity contribution in [3.8, 4) is 0 Å². The van der Waals surface area contributed by atoms with E-state index in [0.717, 1.165) is 19.5 Å². The molecule has 1 aliphatic heterocycles. The van der Waals surface area contributed by atoms with Gasteiger partial charge in [-0.2, -0.15) is 0 Å². The van der Waals surface area contributed by atoms with Crippen LogP contribution in [0.2, 0.25) is 0 Å². The van der Waals surface area contributed by atoms with Crippen molar-refractivity contribution >= 4 is 5.91 Å². The van der Waals surface area contributed by atoms with Crippen molar-refractivity contribution in [2.45, 2.75) is 27.2 Å². The standard InChI is InChI=1S/C8H15NO/c1-4-9-6-8(2,3)5-7(9)10/h4-6H2,1-3H3. The van der Waals surface area contributed by atoms with E-state index in [1.54, 1.807) is 0 Å². The van der Waals surface area contributed by atoms with E-state index in [0.29, 0.717) is 5.91 Å². The average molecular weight is 141 g/mol. The lowest BCUT2D eigenvalue weighted by Gasteiger charge is -2.17. The van der Waals surface area contributed by atoms with Gasteiger partial charge in [0, 0.05) is 19.5 Å². The van der Waals surface area contributed by atoms with Crippen LogP contribution >= 0.6 is 0 Å². The van der Waals surface area contributed by atoms with Gasteiger partial charge in [0.05, 0.1) is 0 Å². The molecule has 0 bridgehead atoms. The normalized spacial score (nSPS) is 23.9. The van der Waals surface area contributed by atoms with Crippen LogP contribution in [0.15, 0.2) is 0 Å². The van der Waals surface area contributed by atoms with Crippen LogP contribution < -0.4 is 0 Å². The molecule has 1 fully saturated rings. The summed E-state index contributed by atoms with van der Waals surface area (Å²) in [5.74, 6) is 0.313. The second-order valence-corrected chi connectivity index (χ2v) is 3.75. The van der Waals surface area contributed by atoms with E-state index in [4.69, 9.17) is 0 Å². The fraction of sp³-hybridized carbons (Fsp3) is 0.875. The van der Waals surface area contributed by atoms with Gasteiger partial charge in [-0.1, -0.05) is 13.8 Å². The Hall–Kier alpha value is -0.530. The summed E-state index contributed by atoms with van der Waals surface area (Å²) >= 11 is 0. The monoisotopic (exact) mass is 141 g/mol. The third-order valence-electron chi connectivity index (χ3n) is 1.98. The highest BCUT2D eigenvalue weighted by Gasteiger charge is 2.34. The fourth-order valence-corrected chi connectivity index (χ4v) is 1.47. The molecule has 0 N–H and O–H groups in total. The summed E-state index contributed by atoms with van der Waals surface area (Å²) in [7, 11) is 0. The largest absolute Gasteiger partial charge is 0.342 e. The van der Waals surface area contributed by atoms with E-state index in [9.17, 15) is 4.79 Å². The molecule has 0 aliphatic carbocycles. The summed E-state index contributed by atoms with van der Waals surface area (Å²) < 4.78 is 0. The zero-order valence-corrected chi connectivity index (χ0v) is 6.98. The molecule has 2 heteroatoms. The summed E-state index contributed by atoms with van der Waals surface area (Å²) in [4.78, 5) is 13.1. The van der Waals surface area contributed by atoms with Crippen LogP contribution in [0.3, 0.4) is 0 Å². The molecule has 0 aromatic rings. The summed E-state index contributed by atoms with van der Waals surface area (Å²) in [5, 5.41) is 0. The summed E-state index contributed by atoms with van der Waals surface area (Å²) in [6.07, 6.45) is 0.723. The predicted octanol–water partition coefficient (Wildman–Crippen LogP) is 1.26. The lowest BCUT2D eigenvalue weighted by Crippen LogP contribution is -2.25. The maximum Gasteiger partial charge on any atom is 0.223 e. The van der Waals surface area contributed by atoms with Crippen LogP contribution in [0, 0.1) is 5.41 Å². The Morgan fingerprint density at radius 1 is 1.60 bits per heavy atom. The van der Waals surface area contributed by atoms with E-state index >= 15 is 0 Å². The Bertz CT molecular complexity index is 151. The van der Waals surface area contributed by atoms with Gasteiger partial charge in [0.15, 0.2) is 0 Å². The van der Waals surface area contributed by atoms with Crippen molar-refractivity contribution in [3.63, 3.8) is 0 Å². The van der Waals surface area contributed by atoms with Gasteiger partial charge in [-0.3, -0.25) is 4.79 Å². The summed E-state index contributed by atoms with van der Waals surface area (Å²) in [5.41, 5.74) is 0.215. The van der Waals surface area contributed by atoms with E-state index in [1.807, 2.05) is 11.8 Å². The molecule has 0 saturated carbocycles. The van der Waals surface area contributed by atoms with Crippen LogP contribution in [0.1, 0.15) is 27.2 Å². The molecule has 0 unspecified atom stereocenters. The molecule has 0 spiro atoms. The SMILES string of the molecule is CCN1CC(C)(C)CC1=O. The number of amides is 1. The molecular formula is C8H15NO. The second kappa shape index (κ2) is 2.26. The molecule has 0 radical (unpaired) electrons. The minimum atomic E-state index is 0.215.